The number of hydrogen-bond acceptors (Lipinski definition) is 3. The maximum Gasteiger partial charge on any atom is 0.141 e. The first-order chi connectivity index (χ1) is 10.2. The molecule has 1 unspecified atom stereocenters. The highest BCUT2D eigenvalue weighted by Gasteiger charge is 2.08. The summed E-state index contributed by atoms with van der Waals surface area (Å²) in [6.45, 7) is 2.67. The van der Waals surface area contributed by atoms with E-state index in [2.05, 4.69) is 21.4 Å². The van der Waals surface area contributed by atoms with E-state index < -0.39 is 0 Å². The van der Waals surface area contributed by atoms with E-state index in [4.69, 9.17) is 0 Å². The number of halogens is 1. The first-order valence-corrected chi connectivity index (χ1v) is 6.90. The lowest BCUT2D eigenvalue weighted by atomic mass is 10.1. The fourth-order valence-electron chi connectivity index (χ4n) is 2.36. The van der Waals surface area contributed by atoms with E-state index in [1.165, 1.54) is 12.3 Å². The van der Waals surface area contributed by atoms with Crippen molar-refractivity contribution in [2.45, 2.75) is 19.5 Å². The topological polar surface area (TPSA) is 37.8 Å². The molecule has 106 valence electrons. The number of rotatable bonds is 4. The van der Waals surface area contributed by atoms with E-state index in [-0.39, 0.29) is 11.9 Å². The van der Waals surface area contributed by atoms with E-state index in [0.717, 1.165) is 22.0 Å². The van der Waals surface area contributed by atoms with Gasteiger partial charge in [-0.25, -0.2) is 4.39 Å². The number of para-hydroxylation sites is 1. The Morgan fingerprint density at radius 2 is 2.05 bits per heavy atom. The Morgan fingerprint density at radius 3 is 2.90 bits per heavy atom. The summed E-state index contributed by atoms with van der Waals surface area (Å²) in [6.07, 6.45) is 4.69. The lowest BCUT2D eigenvalue weighted by molar-refractivity contribution is 0.562. The molecule has 0 aliphatic carbocycles. The second-order valence-electron chi connectivity index (χ2n) is 5.03. The summed E-state index contributed by atoms with van der Waals surface area (Å²) < 4.78 is 13.2. The Labute approximate surface area is 122 Å². The standard InChI is InChI=1S/C17H16FN3/c1-12(15-8-16(18)11-19-9-15)21-10-14-5-2-4-13-6-3-7-20-17(13)14/h2-9,11-12,21H,10H2,1H3. The molecule has 3 rings (SSSR count). The van der Waals surface area contributed by atoms with Crippen LogP contribution in [0.4, 0.5) is 4.39 Å². The van der Waals surface area contributed by atoms with Crippen molar-refractivity contribution in [1.82, 2.24) is 15.3 Å². The second-order valence-corrected chi connectivity index (χ2v) is 5.03. The molecule has 0 radical (unpaired) electrons. The van der Waals surface area contributed by atoms with E-state index in [9.17, 15) is 4.39 Å². The summed E-state index contributed by atoms with van der Waals surface area (Å²) >= 11 is 0. The average Bonchev–Trinajstić information content (AvgIpc) is 2.52. The molecule has 2 heterocycles. The molecule has 21 heavy (non-hydrogen) atoms. The quantitative estimate of drug-likeness (QED) is 0.793. The molecular formula is C17H16FN3. The summed E-state index contributed by atoms with van der Waals surface area (Å²) in [5.74, 6) is -0.312. The Bertz CT molecular complexity index is 752. The number of benzene rings is 1. The minimum atomic E-state index is -0.312. The highest BCUT2D eigenvalue weighted by Crippen LogP contribution is 2.18. The number of aromatic nitrogens is 2. The van der Waals surface area contributed by atoms with Crippen molar-refractivity contribution in [2.24, 2.45) is 0 Å². The van der Waals surface area contributed by atoms with Gasteiger partial charge < -0.3 is 5.32 Å². The maximum atomic E-state index is 13.2. The lowest BCUT2D eigenvalue weighted by Crippen LogP contribution is -2.18. The summed E-state index contributed by atoms with van der Waals surface area (Å²) in [7, 11) is 0. The number of pyridine rings is 2. The first kappa shape index (κ1) is 13.6. The molecule has 3 aromatic rings. The molecule has 0 saturated carbocycles. The van der Waals surface area contributed by atoms with E-state index in [1.54, 1.807) is 12.4 Å². The van der Waals surface area contributed by atoms with Crippen molar-refractivity contribution in [2.75, 3.05) is 0 Å². The summed E-state index contributed by atoms with van der Waals surface area (Å²) in [5, 5.41) is 4.51. The second kappa shape index (κ2) is 5.97. The molecule has 0 spiro atoms. The van der Waals surface area contributed by atoms with Crippen LogP contribution in [0.15, 0.2) is 55.0 Å². The molecule has 1 aromatic carbocycles. The zero-order chi connectivity index (χ0) is 14.7. The third kappa shape index (κ3) is 3.06. The van der Waals surface area contributed by atoms with Crippen molar-refractivity contribution in [3.63, 3.8) is 0 Å². The van der Waals surface area contributed by atoms with E-state index in [0.29, 0.717) is 6.54 Å². The Hall–Kier alpha value is -2.33. The van der Waals surface area contributed by atoms with Crippen LogP contribution in [0.2, 0.25) is 0 Å². The van der Waals surface area contributed by atoms with E-state index in [1.807, 2.05) is 31.2 Å². The first-order valence-electron chi connectivity index (χ1n) is 6.90. The normalized spacial score (nSPS) is 12.5. The molecule has 2 aromatic heterocycles. The van der Waals surface area contributed by atoms with Gasteiger partial charge in [-0.15, -0.1) is 0 Å². The molecule has 1 N–H and O–H groups in total. The number of fused-ring (bicyclic) bond motifs is 1. The van der Waals surface area contributed by atoms with E-state index >= 15 is 0 Å². The minimum absolute atomic E-state index is 0.0205. The van der Waals surface area contributed by atoms with Crippen LogP contribution in [-0.2, 0) is 6.54 Å². The Balaban J connectivity index is 1.77. The predicted octanol–water partition coefficient (Wildman–Crippen LogP) is 3.62. The number of nitrogens with one attached hydrogen (secondary N) is 1. The van der Waals surface area contributed by atoms with Gasteiger partial charge in [-0.1, -0.05) is 24.3 Å². The molecule has 0 aliphatic rings. The van der Waals surface area contributed by atoms with Crippen LogP contribution >= 0.6 is 0 Å². The van der Waals surface area contributed by atoms with Crippen LogP contribution in [0.5, 0.6) is 0 Å². The highest BCUT2D eigenvalue weighted by molar-refractivity contribution is 5.81. The molecule has 0 saturated heterocycles. The zero-order valence-electron chi connectivity index (χ0n) is 11.8. The largest absolute Gasteiger partial charge is 0.306 e. The Morgan fingerprint density at radius 1 is 1.19 bits per heavy atom. The highest BCUT2D eigenvalue weighted by atomic mass is 19.1. The molecule has 4 heteroatoms. The summed E-state index contributed by atoms with van der Waals surface area (Å²) in [6, 6.07) is 11.6. The van der Waals surface area contributed by atoms with Gasteiger partial charge in [0.25, 0.3) is 0 Å². The lowest BCUT2D eigenvalue weighted by Gasteiger charge is -2.14. The molecule has 0 bridgehead atoms. The molecule has 3 nitrogen and oxygen atoms in total. The van der Waals surface area contributed by atoms with Gasteiger partial charge in [-0.3, -0.25) is 9.97 Å². The van der Waals surface area contributed by atoms with Gasteiger partial charge in [0.2, 0.25) is 0 Å². The van der Waals surface area contributed by atoms with Crippen LogP contribution < -0.4 is 5.32 Å². The fraction of sp³-hybridized carbons (Fsp3) is 0.176. The SMILES string of the molecule is CC(NCc1cccc2cccnc12)c1cncc(F)c1. The summed E-state index contributed by atoms with van der Waals surface area (Å²) in [5.41, 5.74) is 2.96. The van der Waals surface area contributed by atoms with Crippen molar-refractivity contribution in [1.29, 1.82) is 0 Å². The van der Waals surface area contributed by atoms with Crippen LogP contribution in [0.3, 0.4) is 0 Å². The molecule has 1 atom stereocenters. The van der Waals surface area contributed by atoms with Gasteiger partial charge in [-0.05, 0) is 30.2 Å². The number of hydrogen-bond donors (Lipinski definition) is 1. The smallest absolute Gasteiger partial charge is 0.141 e. The average molecular weight is 281 g/mol. The fourth-order valence-corrected chi connectivity index (χ4v) is 2.36. The molecule has 0 fully saturated rings. The zero-order valence-corrected chi connectivity index (χ0v) is 11.8. The van der Waals surface area contributed by atoms with Gasteiger partial charge in [0.1, 0.15) is 5.82 Å². The van der Waals surface area contributed by atoms with Gasteiger partial charge in [-0.2, -0.15) is 0 Å². The van der Waals surface area contributed by atoms with Crippen LogP contribution in [0.1, 0.15) is 24.1 Å². The minimum Gasteiger partial charge on any atom is -0.306 e. The van der Waals surface area contributed by atoms with Crippen molar-refractivity contribution in [3.05, 3.63) is 71.9 Å². The van der Waals surface area contributed by atoms with Crippen molar-refractivity contribution < 1.29 is 4.39 Å². The third-order valence-electron chi connectivity index (χ3n) is 3.54. The van der Waals surface area contributed by atoms with Gasteiger partial charge >= 0.3 is 0 Å². The molecule has 0 aliphatic heterocycles. The van der Waals surface area contributed by atoms with Crippen molar-refractivity contribution in [3.8, 4) is 0 Å². The van der Waals surface area contributed by atoms with Crippen LogP contribution in [0.25, 0.3) is 10.9 Å². The maximum absolute atomic E-state index is 13.2. The van der Waals surface area contributed by atoms with Crippen LogP contribution in [0, 0.1) is 5.82 Å². The molecular weight excluding hydrogens is 265 g/mol. The van der Waals surface area contributed by atoms with Gasteiger partial charge in [0, 0.05) is 30.4 Å². The summed E-state index contributed by atoms with van der Waals surface area (Å²) in [4.78, 5) is 8.32. The third-order valence-corrected chi connectivity index (χ3v) is 3.54. The predicted molar refractivity (Wildman–Crippen MR) is 81.2 cm³/mol. The molecule has 0 amide bonds. The van der Waals surface area contributed by atoms with Crippen molar-refractivity contribution >= 4 is 10.9 Å². The monoisotopic (exact) mass is 281 g/mol. The van der Waals surface area contributed by atoms with Crippen LogP contribution in [-0.4, -0.2) is 9.97 Å². The van der Waals surface area contributed by atoms with Gasteiger partial charge in [0.15, 0.2) is 0 Å². The Kier molecular flexibility index (Phi) is 3.88. The number of nitrogens with zero attached hydrogens (tertiary/aromatic N) is 2. The van der Waals surface area contributed by atoms with Gasteiger partial charge in [0.05, 0.1) is 11.7 Å².